The summed E-state index contributed by atoms with van der Waals surface area (Å²) in [6.45, 7) is 9.67. The Balaban J connectivity index is 3.46. The maximum Gasteiger partial charge on any atom is 0.280 e. The predicted octanol–water partition coefficient (Wildman–Crippen LogP) is 5.26. The van der Waals surface area contributed by atoms with Crippen molar-refractivity contribution in [2.45, 2.75) is 52.9 Å². The van der Waals surface area contributed by atoms with Crippen LogP contribution in [-0.2, 0) is 11.3 Å². The summed E-state index contributed by atoms with van der Waals surface area (Å²) < 4.78 is 42.8. The van der Waals surface area contributed by atoms with Gasteiger partial charge >= 0.3 is 0 Å². The summed E-state index contributed by atoms with van der Waals surface area (Å²) in [6, 6.07) is 4.24. The van der Waals surface area contributed by atoms with Crippen LogP contribution in [0, 0.1) is 11.2 Å². The second-order valence-corrected chi connectivity index (χ2v) is 6.74. The van der Waals surface area contributed by atoms with Crippen LogP contribution in [0.15, 0.2) is 18.2 Å². The van der Waals surface area contributed by atoms with E-state index >= 15 is 0 Å². The first-order valence-electron chi connectivity index (χ1n) is 6.06. The van der Waals surface area contributed by atoms with Gasteiger partial charge in [-0.1, -0.05) is 59.7 Å². The molecule has 0 atom stereocenters. The monoisotopic (exact) mass is 258 g/mol. The SMILES string of the molecule is CC(C)(C)c1cccc(C(F)(F)C(C)(C)C)c1F. The second-order valence-electron chi connectivity index (χ2n) is 6.74. The van der Waals surface area contributed by atoms with Gasteiger partial charge in [-0.15, -0.1) is 0 Å². The Labute approximate surface area is 107 Å². The minimum Gasteiger partial charge on any atom is -0.206 e. The molecular formula is C15H21F3. The van der Waals surface area contributed by atoms with E-state index in [0.29, 0.717) is 5.56 Å². The molecule has 1 aromatic rings. The third-order valence-corrected chi connectivity index (χ3v) is 3.09. The summed E-state index contributed by atoms with van der Waals surface area (Å²) in [5.41, 5.74) is -2.00. The van der Waals surface area contributed by atoms with Crippen LogP contribution in [-0.4, -0.2) is 0 Å². The van der Waals surface area contributed by atoms with Crippen molar-refractivity contribution in [3.05, 3.63) is 35.1 Å². The van der Waals surface area contributed by atoms with E-state index in [1.165, 1.54) is 32.9 Å². The molecule has 0 nitrogen and oxygen atoms in total. The maximum absolute atomic E-state index is 14.3. The van der Waals surface area contributed by atoms with Crippen molar-refractivity contribution in [3.8, 4) is 0 Å². The molecule has 1 rings (SSSR count). The van der Waals surface area contributed by atoms with Crippen LogP contribution in [0.4, 0.5) is 13.2 Å². The molecule has 0 amide bonds. The zero-order valence-corrected chi connectivity index (χ0v) is 11.9. The van der Waals surface area contributed by atoms with Gasteiger partial charge in [0.25, 0.3) is 5.92 Å². The van der Waals surface area contributed by atoms with E-state index in [9.17, 15) is 13.2 Å². The van der Waals surface area contributed by atoms with Gasteiger partial charge in [0, 0.05) is 5.41 Å². The van der Waals surface area contributed by atoms with Gasteiger partial charge < -0.3 is 0 Å². The Kier molecular flexibility index (Phi) is 3.59. The molecule has 3 heteroatoms. The van der Waals surface area contributed by atoms with Gasteiger partial charge in [-0.3, -0.25) is 0 Å². The molecule has 0 aliphatic carbocycles. The Morgan fingerprint density at radius 1 is 0.833 bits per heavy atom. The van der Waals surface area contributed by atoms with Gasteiger partial charge in [-0.25, -0.2) is 13.2 Å². The van der Waals surface area contributed by atoms with Crippen molar-refractivity contribution >= 4 is 0 Å². The van der Waals surface area contributed by atoms with Gasteiger partial charge in [0.2, 0.25) is 0 Å². The first kappa shape index (κ1) is 15.1. The predicted molar refractivity (Wildman–Crippen MR) is 68.4 cm³/mol. The smallest absolute Gasteiger partial charge is 0.206 e. The molecule has 102 valence electrons. The topological polar surface area (TPSA) is 0 Å². The minimum atomic E-state index is -3.20. The third kappa shape index (κ3) is 2.55. The Bertz CT molecular complexity index is 434. The Morgan fingerprint density at radius 2 is 1.28 bits per heavy atom. The second kappa shape index (κ2) is 4.29. The molecule has 0 saturated carbocycles. The highest BCUT2D eigenvalue weighted by molar-refractivity contribution is 5.34. The molecule has 0 N–H and O–H groups in total. The van der Waals surface area contributed by atoms with Crippen LogP contribution >= 0.6 is 0 Å². The van der Waals surface area contributed by atoms with Crippen LogP contribution in [0.1, 0.15) is 52.7 Å². The quantitative estimate of drug-likeness (QED) is 0.644. The van der Waals surface area contributed by atoms with Crippen molar-refractivity contribution in [2.24, 2.45) is 5.41 Å². The van der Waals surface area contributed by atoms with E-state index in [4.69, 9.17) is 0 Å². The highest BCUT2D eigenvalue weighted by atomic mass is 19.3. The minimum absolute atomic E-state index is 0.323. The van der Waals surface area contributed by atoms with Crippen molar-refractivity contribution in [1.29, 1.82) is 0 Å². The maximum atomic E-state index is 14.3. The summed E-state index contributed by atoms with van der Waals surface area (Å²) in [5.74, 6) is -3.98. The Hall–Kier alpha value is -0.990. The van der Waals surface area contributed by atoms with Crippen LogP contribution in [0.25, 0.3) is 0 Å². The van der Waals surface area contributed by atoms with Crippen molar-refractivity contribution < 1.29 is 13.2 Å². The van der Waals surface area contributed by atoms with Gasteiger partial charge in [-0.2, -0.15) is 0 Å². The van der Waals surface area contributed by atoms with E-state index in [1.807, 2.05) is 20.8 Å². The highest BCUT2D eigenvalue weighted by Crippen LogP contribution is 2.46. The Morgan fingerprint density at radius 3 is 1.67 bits per heavy atom. The lowest BCUT2D eigenvalue weighted by atomic mass is 9.80. The first-order chi connectivity index (χ1) is 7.89. The number of benzene rings is 1. The number of halogens is 3. The number of alkyl halides is 2. The molecule has 0 aliphatic heterocycles. The zero-order valence-electron chi connectivity index (χ0n) is 11.9. The molecule has 0 bridgehead atoms. The fraction of sp³-hybridized carbons (Fsp3) is 0.600. The largest absolute Gasteiger partial charge is 0.280 e. The first-order valence-corrected chi connectivity index (χ1v) is 6.06. The molecule has 0 unspecified atom stereocenters. The molecular weight excluding hydrogens is 237 g/mol. The summed E-state index contributed by atoms with van der Waals surface area (Å²) in [6.07, 6.45) is 0. The lowest BCUT2D eigenvalue weighted by molar-refractivity contribution is -0.107. The van der Waals surface area contributed by atoms with E-state index in [-0.39, 0.29) is 0 Å². The van der Waals surface area contributed by atoms with Crippen LogP contribution in [0.3, 0.4) is 0 Å². The van der Waals surface area contributed by atoms with E-state index in [2.05, 4.69) is 0 Å². The molecule has 0 heterocycles. The molecule has 1 aromatic carbocycles. The van der Waals surface area contributed by atoms with Crippen molar-refractivity contribution in [3.63, 3.8) is 0 Å². The average molecular weight is 258 g/mol. The number of hydrogen-bond acceptors (Lipinski definition) is 0. The number of hydrogen-bond donors (Lipinski definition) is 0. The lowest BCUT2D eigenvalue weighted by Gasteiger charge is -2.32. The van der Waals surface area contributed by atoms with Crippen LogP contribution < -0.4 is 0 Å². The molecule has 0 aliphatic rings. The fourth-order valence-corrected chi connectivity index (χ4v) is 1.76. The summed E-state index contributed by atoms with van der Waals surface area (Å²) in [5, 5.41) is 0. The van der Waals surface area contributed by atoms with Gasteiger partial charge in [0.15, 0.2) is 0 Å². The van der Waals surface area contributed by atoms with Gasteiger partial charge in [0.1, 0.15) is 5.82 Å². The van der Waals surface area contributed by atoms with Crippen molar-refractivity contribution in [1.82, 2.24) is 0 Å². The third-order valence-electron chi connectivity index (χ3n) is 3.09. The van der Waals surface area contributed by atoms with E-state index in [1.54, 1.807) is 6.07 Å². The van der Waals surface area contributed by atoms with Crippen LogP contribution in [0.5, 0.6) is 0 Å². The standard InChI is InChI=1S/C15H21F3/c1-13(2,3)10-8-7-9-11(12(10)16)15(17,18)14(4,5)6/h7-9H,1-6H3. The fourth-order valence-electron chi connectivity index (χ4n) is 1.76. The van der Waals surface area contributed by atoms with E-state index < -0.39 is 28.1 Å². The zero-order chi connectivity index (χ0) is 14.4. The molecule has 0 aromatic heterocycles. The molecule has 0 spiro atoms. The van der Waals surface area contributed by atoms with Gasteiger partial charge in [-0.05, 0) is 11.0 Å². The highest BCUT2D eigenvalue weighted by Gasteiger charge is 2.47. The molecule has 18 heavy (non-hydrogen) atoms. The lowest BCUT2D eigenvalue weighted by Crippen LogP contribution is -2.33. The summed E-state index contributed by atoms with van der Waals surface area (Å²) >= 11 is 0. The van der Waals surface area contributed by atoms with E-state index in [0.717, 1.165) is 0 Å². The van der Waals surface area contributed by atoms with Crippen molar-refractivity contribution in [2.75, 3.05) is 0 Å². The molecule has 0 radical (unpaired) electrons. The summed E-state index contributed by atoms with van der Waals surface area (Å²) in [4.78, 5) is 0. The molecule has 0 fully saturated rings. The average Bonchev–Trinajstić information content (AvgIpc) is 2.13. The van der Waals surface area contributed by atoms with Crippen LogP contribution in [0.2, 0.25) is 0 Å². The normalized spacial score (nSPS) is 13.8. The number of rotatable bonds is 1. The summed E-state index contributed by atoms with van der Waals surface area (Å²) in [7, 11) is 0. The van der Waals surface area contributed by atoms with Gasteiger partial charge in [0.05, 0.1) is 5.56 Å². The molecule has 0 saturated heterocycles.